The van der Waals surface area contributed by atoms with E-state index in [-0.39, 0.29) is 22.2 Å². The highest BCUT2D eigenvalue weighted by molar-refractivity contribution is 7.92. The van der Waals surface area contributed by atoms with Crippen LogP contribution in [0, 0.1) is 10.1 Å². The number of nitrogens with one attached hydrogen (secondary N) is 1. The van der Waals surface area contributed by atoms with E-state index in [4.69, 9.17) is 11.6 Å². The first kappa shape index (κ1) is 21.8. The average Bonchev–Trinajstić information content (AvgIpc) is 3.24. The number of thiophene rings is 1. The highest BCUT2D eigenvalue weighted by Gasteiger charge is 2.29. The third kappa shape index (κ3) is 4.96. The zero-order valence-electron chi connectivity index (χ0n) is 15.4. The lowest BCUT2D eigenvalue weighted by Gasteiger charge is -2.24. The number of benzene rings is 2. The number of para-hydroxylation sites is 1. The van der Waals surface area contributed by atoms with E-state index in [0.29, 0.717) is 0 Å². The van der Waals surface area contributed by atoms with Crippen molar-refractivity contribution in [1.29, 1.82) is 0 Å². The van der Waals surface area contributed by atoms with Gasteiger partial charge < -0.3 is 5.32 Å². The Morgan fingerprint density at radius 1 is 1.13 bits per heavy atom. The number of rotatable bonds is 8. The van der Waals surface area contributed by atoms with Crippen molar-refractivity contribution in [3.8, 4) is 0 Å². The van der Waals surface area contributed by atoms with Crippen molar-refractivity contribution in [2.45, 2.75) is 11.4 Å². The topological polar surface area (TPSA) is 110 Å². The standard InChI is InChI=1S/C19H16ClN3O5S2/c20-17-9-8-16(11-18(17)23(25)26)30(27,28)22(14-5-2-1-3-6-14)13-19(24)21-12-15-7-4-10-29-15/h1-11H,12-13H2,(H,21,24). The molecule has 0 saturated heterocycles. The molecule has 1 aromatic heterocycles. The maximum Gasteiger partial charge on any atom is 0.289 e. The van der Waals surface area contributed by atoms with Crippen LogP contribution < -0.4 is 9.62 Å². The first-order chi connectivity index (χ1) is 14.3. The summed E-state index contributed by atoms with van der Waals surface area (Å²) in [6.45, 7) is -0.222. The number of anilines is 1. The lowest BCUT2D eigenvalue weighted by molar-refractivity contribution is -0.384. The molecule has 0 aliphatic rings. The molecular weight excluding hydrogens is 450 g/mol. The Balaban J connectivity index is 1.92. The van der Waals surface area contributed by atoms with Crippen LogP contribution in [0.15, 0.2) is 70.9 Å². The zero-order valence-corrected chi connectivity index (χ0v) is 17.8. The van der Waals surface area contributed by atoms with Gasteiger partial charge in [0.25, 0.3) is 15.7 Å². The van der Waals surface area contributed by atoms with E-state index in [0.717, 1.165) is 21.3 Å². The molecule has 0 bridgehead atoms. The molecule has 1 N–H and O–H groups in total. The van der Waals surface area contributed by atoms with E-state index in [1.165, 1.54) is 29.5 Å². The number of hydrogen-bond acceptors (Lipinski definition) is 6. The minimum atomic E-state index is -4.28. The molecule has 0 aliphatic heterocycles. The molecule has 30 heavy (non-hydrogen) atoms. The fraction of sp³-hybridized carbons (Fsp3) is 0.105. The first-order valence-electron chi connectivity index (χ1n) is 8.60. The maximum absolute atomic E-state index is 13.3. The van der Waals surface area contributed by atoms with Crippen LogP contribution in [0.3, 0.4) is 0 Å². The quantitative estimate of drug-likeness (QED) is 0.401. The van der Waals surface area contributed by atoms with E-state index in [1.807, 2.05) is 17.5 Å². The van der Waals surface area contributed by atoms with Crippen molar-refractivity contribution in [2.75, 3.05) is 10.8 Å². The molecule has 1 amide bonds. The summed E-state index contributed by atoms with van der Waals surface area (Å²) < 4.78 is 27.4. The monoisotopic (exact) mass is 465 g/mol. The van der Waals surface area contributed by atoms with Gasteiger partial charge in [0.15, 0.2) is 0 Å². The Morgan fingerprint density at radius 2 is 1.87 bits per heavy atom. The van der Waals surface area contributed by atoms with Crippen molar-refractivity contribution >= 4 is 50.2 Å². The number of nitrogens with zero attached hydrogens (tertiary/aromatic N) is 2. The molecule has 2 aromatic carbocycles. The molecular formula is C19H16ClN3O5S2. The first-order valence-corrected chi connectivity index (χ1v) is 11.3. The molecule has 11 heteroatoms. The Bertz CT molecular complexity index is 1150. The summed E-state index contributed by atoms with van der Waals surface area (Å²) in [7, 11) is -4.28. The van der Waals surface area contributed by atoms with Gasteiger partial charge in [0.2, 0.25) is 5.91 Å². The second-order valence-electron chi connectivity index (χ2n) is 6.07. The number of carbonyl (C=O) groups excluding carboxylic acids is 1. The van der Waals surface area contributed by atoms with Crippen molar-refractivity contribution in [3.05, 3.63) is 86.1 Å². The van der Waals surface area contributed by atoms with E-state index >= 15 is 0 Å². The number of carbonyl (C=O) groups is 1. The Labute approximate surface area is 181 Å². The molecule has 3 aromatic rings. The molecule has 156 valence electrons. The predicted molar refractivity (Wildman–Crippen MR) is 115 cm³/mol. The summed E-state index contributed by atoms with van der Waals surface area (Å²) in [5.41, 5.74) is -0.283. The van der Waals surface area contributed by atoms with E-state index < -0.39 is 33.1 Å². The van der Waals surface area contributed by atoms with Crippen LogP contribution in [0.2, 0.25) is 5.02 Å². The molecule has 0 radical (unpaired) electrons. The van der Waals surface area contributed by atoms with E-state index in [2.05, 4.69) is 5.32 Å². The summed E-state index contributed by atoms with van der Waals surface area (Å²) in [5, 5.41) is 15.5. The molecule has 0 aliphatic carbocycles. The van der Waals surface area contributed by atoms with Gasteiger partial charge >= 0.3 is 0 Å². The molecule has 0 unspecified atom stereocenters. The van der Waals surface area contributed by atoms with Gasteiger partial charge in [-0.1, -0.05) is 35.9 Å². The molecule has 0 atom stereocenters. The normalized spacial score (nSPS) is 11.1. The van der Waals surface area contributed by atoms with Gasteiger partial charge in [-0.2, -0.15) is 0 Å². The van der Waals surface area contributed by atoms with Crippen LogP contribution in [-0.2, 0) is 21.4 Å². The molecule has 0 fully saturated rings. The number of nitro groups is 1. The van der Waals surface area contributed by atoms with Crippen LogP contribution in [0.5, 0.6) is 0 Å². The number of hydrogen-bond donors (Lipinski definition) is 1. The van der Waals surface area contributed by atoms with Crippen molar-refractivity contribution < 1.29 is 18.1 Å². The third-order valence-corrected chi connectivity index (χ3v) is 7.04. The molecule has 0 saturated carbocycles. The summed E-state index contributed by atoms with van der Waals surface area (Å²) in [6.07, 6.45) is 0. The van der Waals surface area contributed by atoms with Crippen LogP contribution in [0.4, 0.5) is 11.4 Å². The van der Waals surface area contributed by atoms with E-state index in [1.54, 1.807) is 18.2 Å². The maximum atomic E-state index is 13.3. The minimum Gasteiger partial charge on any atom is -0.350 e. The fourth-order valence-electron chi connectivity index (χ4n) is 2.61. The predicted octanol–water partition coefficient (Wildman–Crippen LogP) is 3.82. The number of sulfonamides is 1. The lowest BCUT2D eigenvalue weighted by Crippen LogP contribution is -2.40. The Hall–Kier alpha value is -2.95. The average molecular weight is 466 g/mol. The van der Waals surface area contributed by atoms with Crippen LogP contribution in [0.1, 0.15) is 4.88 Å². The SMILES string of the molecule is O=C(CN(c1ccccc1)S(=O)(=O)c1ccc(Cl)c([N+](=O)[O-])c1)NCc1cccs1. The van der Waals surface area contributed by atoms with Gasteiger partial charge in [-0.25, -0.2) is 8.42 Å². The second-order valence-corrected chi connectivity index (χ2v) is 9.38. The zero-order chi connectivity index (χ0) is 21.7. The fourth-order valence-corrected chi connectivity index (χ4v) is 4.89. The van der Waals surface area contributed by atoms with Crippen molar-refractivity contribution in [3.63, 3.8) is 0 Å². The Morgan fingerprint density at radius 3 is 2.50 bits per heavy atom. The number of halogens is 1. The van der Waals surface area contributed by atoms with Gasteiger partial charge in [0.1, 0.15) is 11.6 Å². The van der Waals surface area contributed by atoms with Crippen molar-refractivity contribution in [2.24, 2.45) is 0 Å². The third-order valence-electron chi connectivity index (χ3n) is 4.07. The minimum absolute atomic E-state index is 0.182. The second kappa shape index (κ2) is 9.24. The number of nitro benzene ring substituents is 1. The van der Waals surface area contributed by atoms with Crippen molar-refractivity contribution in [1.82, 2.24) is 5.32 Å². The summed E-state index contributed by atoms with van der Waals surface area (Å²) >= 11 is 7.26. The van der Waals surface area contributed by atoms with Crippen LogP contribution in [-0.4, -0.2) is 25.8 Å². The smallest absolute Gasteiger partial charge is 0.289 e. The van der Waals surface area contributed by atoms with E-state index in [9.17, 15) is 23.3 Å². The van der Waals surface area contributed by atoms with Gasteiger partial charge in [-0.3, -0.25) is 19.2 Å². The van der Waals surface area contributed by atoms with Gasteiger partial charge in [0.05, 0.1) is 22.1 Å². The number of amides is 1. The highest BCUT2D eigenvalue weighted by Crippen LogP contribution is 2.30. The summed E-state index contributed by atoms with van der Waals surface area (Å²) in [5.74, 6) is -0.515. The molecule has 1 heterocycles. The molecule has 0 spiro atoms. The van der Waals surface area contributed by atoms with Crippen LogP contribution in [0.25, 0.3) is 0 Å². The molecule has 8 nitrogen and oxygen atoms in total. The summed E-state index contributed by atoms with van der Waals surface area (Å²) in [6, 6.07) is 14.9. The van der Waals surface area contributed by atoms with Gasteiger partial charge in [-0.15, -0.1) is 11.3 Å². The largest absolute Gasteiger partial charge is 0.350 e. The summed E-state index contributed by atoms with van der Waals surface area (Å²) in [4.78, 5) is 23.5. The highest BCUT2D eigenvalue weighted by atomic mass is 35.5. The lowest BCUT2D eigenvalue weighted by atomic mass is 10.3. The molecule has 3 rings (SSSR count). The Kier molecular flexibility index (Phi) is 6.70. The van der Waals surface area contributed by atoms with Gasteiger partial charge in [-0.05, 0) is 35.7 Å². The van der Waals surface area contributed by atoms with Crippen LogP contribution >= 0.6 is 22.9 Å². The van der Waals surface area contributed by atoms with Gasteiger partial charge in [0, 0.05) is 10.9 Å².